The maximum atomic E-state index is 3.29. The number of halogens is 1. The van der Waals surface area contributed by atoms with Crippen LogP contribution < -0.4 is 29.0 Å². The molecule has 2 heteroatoms. The summed E-state index contributed by atoms with van der Waals surface area (Å²) in [6.45, 7) is 0. The van der Waals surface area contributed by atoms with E-state index in [0.29, 0.717) is 0 Å². The predicted octanol–water partition coefficient (Wildman–Crippen LogP) is -0.189. The Kier molecular flexibility index (Phi) is 2.86. The fraction of sp³-hybridized carbons (Fsp3) is 0. The van der Waals surface area contributed by atoms with Gasteiger partial charge in [0.25, 0.3) is 0 Å². The molecule has 0 aliphatic rings. The summed E-state index contributed by atoms with van der Waals surface area (Å²) in [6.07, 6.45) is 2.05. The van der Waals surface area contributed by atoms with Gasteiger partial charge < -0.3 is 24.0 Å². The number of aromatic nitrogens is 1. The van der Waals surface area contributed by atoms with Crippen molar-refractivity contribution in [2.45, 2.75) is 0 Å². The van der Waals surface area contributed by atoms with E-state index in [1.54, 1.807) is 0 Å². The Morgan fingerprint density at radius 1 is 0.733 bits per heavy atom. The summed E-state index contributed by atoms with van der Waals surface area (Å²) in [6, 6.07) is 16.8. The summed E-state index contributed by atoms with van der Waals surface area (Å²) in [7, 11) is 0. The summed E-state index contributed by atoms with van der Waals surface area (Å²) >= 11 is 0. The molecule has 0 spiro atoms. The molecule has 3 rings (SSSR count). The van der Waals surface area contributed by atoms with E-state index in [0.717, 1.165) is 0 Å². The second kappa shape index (κ2) is 4.14. The van der Waals surface area contributed by atoms with Crippen molar-refractivity contribution < 1.29 is 29.0 Å². The summed E-state index contributed by atoms with van der Waals surface area (Å²) < 4.78 is 0. The standard InChI is InChI=1S/C13H9N.HI/c1-2-6-11-10(5-1)9-14-13-8-4-3-7-12(11)13;/h1-9H;1H. The molecule has 0 bridgehead atoms. The average Bonchev–Trinajstić information content (AvgIpc) is 2.29. The largest absolute Gasteiger partial charge is 1.00 e. The normalized spacial score (nSPS) is 10.1. The van der Waals surface area contributed by atoms with Gasteiger partial charge in [-0.1, -0.05) is 30.3 Å². The van der Waals surface area contributed by atoms with Gasteiger partial charge in [-0.05, 0) is 12.1 Å². The number of fused-ring (bicyclic) bond motifs is 3. The van der Waals surface area contributed by atoms with Crippen LogP contribution in [0, 0.1) is 0 Å². The van der Waals surface area contributed by atoms with E-state index in [9.17, 15) is 0 Å². The molecule has 0 saturated carbocycles. The Bertz CT molecular complexity index is 550. The highest BCUT2D eigenvalue weighted by Gasteiger charge is 2.03. The molecular weight excluding hydrogens is 297 g/mol. The van der Waals surface area contributed by atoms with Gasteiger partial charge in [0, 0.05) is 16.8 Å². The van der Waals surface area contributed by atoms with Crippen LogP contribution in [-0.2, 0) is 0 Å². The zero-order valence-electron chi connectivity index (χ0n) is 8.07. The highest BCUT2D eigenvalue weighted by Crippen LogP contribution is 2.20. The number of para-hydroxylation sites is 1. The molecular formula is C13H10IN. The van der Waals surface area contributed by atoms with Crippen LogP contribution in [0.15, 0.2) is 54.7 Å². The lowest BCUT2D eigenvalue weighted by molar-refractivity contribution is -0.342. The van der Waals surface area contributed by atoms with Gasteiger partial charge in [0.1, 0.15) is 0 Å². The molecule has 3 aromatic rings. The van der Waals surface area contributed by atoms with Crippen molar-refractivity contribution in [3.05, 3.63) is 54.7 Å². The van der Waals surface area contributed by atoms with E-state index in [1.165, 1.54) is 21.7 Å². The number of benzene rings is 2. The summed E-state index contributed by atoms with van der Waals surface area (Å²) in [5.74, 6) is 0. The van der Waals surface area contributed by atoms with Crippen molar-refractivity contribution in [1.29, 1.82) is 0 Å². The first kappa shape index (κ1) is 10.4. The molecule has 0 fully saturated rings. The van der Waals surface area contributed by atoms with Crippen LogP contribution in [0.4, 0.5) is 0 Å². The third-order valence-electron chi connectivity index (χ3n) is 2.56. The monoisotopic (exact) mass is 307 g/mol. The summed E-state index contributed by atoms with van der Waals surface area (Å²) in [5, 5.41) is 3.85. The van der Waals surface area contributed by atoms with Crippen LogP contribution in [0.3, 0.4) is 0 Å². The lowest BCUT2D eigenvalue weighted by Gasteiger charge is -1.97. The van der Waals surface area contributed by atoms with Crippen LogP contribution in [0.25, 0.3) is 21.7 Å². The molecule has 0 aliphatic heterocycles. The van der Waals surface area contributed by atoms with E-state index < -0.39 is 0 Å². The first-order valence-electron chi connectivity index (χ1n) is 4.73. The predicted molar refractivity (Wildman–Crippen MR) is 58.0 cm³/mol. The van der Waals surface area contributed by atoms with E-state index in [-0.39, 0.29) is 24.0 Å². The minimum absolute atomic E-state index is 0. The van der Waals surface area contributed by atoms with Crippen LogP contribution in [0.2, 0.25) is 0 Å². The number of pyridine rings is 1. The lowest BCUT2D eigenvalue weighted by Crippen LogP contribution is -3.00. The SMILES string of the molecule is [I-].c1ccc2c(c1)c[nH+]c1ccccc12. The molecule has 74 valence electrons. The van der Waals surface area contributed by atoms with Gasteiger partial charge in [0.05, 0.1) is 5.39 Å². The van der Waals surface area contributed by atoms with Crippen molar-refractivity contribution in [1.82, 2.24) is 0 Å². The van der Waals surface area contributed by atoms with Crippen LogP contribution in [-0.4, -0.2) is 0 Å². The van der Waals surface area contributed by atoms with E-state index >= 15 is 0 Å². The minimum Gasteiger partial charge on any atom is -1.00 e. The third-order valence-corrected chi connectivity index (χ3v) is 2.56. The Balaban J connectivity index is 0.000000853. The minimum atomic E-state index is 0. The Labute approximate surface area is 105 Å². The van der Waals surface area contributed by atoms with Gasteiger partial charge in [-0.3, -0.25) is 0 Å². The van der Waals surface area contributed by atoms with Crippen LogP contribution >= 0.6 is 0 Å². The van der Waals surface area contributed by atoms with Gasteiger partial charge in [-0.15, -0.1) is 0 Å². The Hall–Kier alpha value is -1.16. The molecule has 0 saturated heterocycles. The molecule has 0 amide bonds. The topological polar surface area (TPSA) is 14.1 Å². The van der Waals surface area contributed by atoms with Crippen molar-refractivity contribution >= 4 is 21.7 Å². The highest BCUT2D eigenvalue weighted by molar-refractivity contribution is 6.03. The first-order valence-corrected chi connectivity index (χ1v) is 4.73. The number of H-pyrrole nitrogens is 1. The number of hydrogen-bond donors (Lipinski definition) is 0. The molecule has 0 atom stereocenters. The van der Waals surface area contributed by atoms with Gasteiger partial charge in [-0.25, -0.2) is 4.98 Å². The van der Waals surface area contributed by atoms with Crippen molar-refractivity contribution in [2.24, 2.45) is 0 Å². The molecule has 1 heterocycles. The maximum absolute atomic E-state index is 3.29. The maximum Gasteiger partial charge on any atom is 0.211 e. The molecule has 2 aromatic carbocycles. The van der Waals surface area contributed by atoms with Gasteiger partial charge in [-0.2, -0.15) is 0 Å². The molecule has 0 unspecified atom stereocenters. The molecule has 15 heavy (non-hydrogen) atoms. The van der Waals surface area contributed by atoms with Gasteiger partial charge >= 0.3 is 0 Å². The zero-order valence-corrected chi connectivity index (χ0v) is 10.2. The number of nitrogens with one attached hydrogen (secondary N) is 1. The van der Waals surface area contributed by atoms with Crippen molar-refractivity contribution in [3.63, 3.8) is 0 Å². The summed E-state index contributed by atoms with van der Waals surface area (Å²) in [5.41, 5.74) is 1.19. The number of rotatable bonds is 0. The highest BCUT2D eigenvalue weighted by atomic mass is 127. The van der Waals surface area contributed by atoms with Crippen LogP contribution in [0.1, 0.15) is 0 Å². The smallest absolute Gasteiger partial charge is 0.211 e. The summed E-state index contributed by atoms with van der Waals surface area (Å²) in [4.78, 5) is 3.29. The Morgan fingerprint density at radius 3 is 2.27 bits per heavy atom. The number of hydrogen-bond acceptors (Lipinski definition) is 0. The average molecular weight is 307 g/mol. The fourth-order valence-corrected chi connectivity index (χ4v) is 1.87. The van der Waals surface area contributed by atoms with E-state index in [4.69, 9.17) is 0 Å². The van der Waals surface area contributed by atoms with E-state index in [1.807, 2.05) is 6.07 Å². The Morgan fingerprint density at radius 2 is 1.40 bits per heavy atom. The molecule has 0 aliphatic carbocycles. The van der Waals surface area contributed by atoms with E-state index in [2.05, 4.69) is 53.6 Å². The van der Waals surface area contributed by atoms with Gasteiger partial charge in [0.15, 0.2) is 6.20 Å². The second-order valence-electron chi connectivity index (χ2n) is 3.42. The third kappa shape index (κ3) is 1.69. The zero-order chi connectivity index (χ0) is 9.38. The second-order valence-corrected chi connectivity index (χ2v) is 3.42. The lowest BCUT2D eigenvalue weighted by atomic mass is 10.1. The number of aromatic amines is 1. The van der Waals surface area contributed by atoms with Gasteiger partial charge in [0.2, 0.25) is 5.52 Å². The van der Waals surface area contributed by atoms with Crippen LogP contribution in [0.5, 0.6) is 0 Å². The molecule has 1 nitrogen and oxygen atoms in total. The molecule has 1 aromatic heterocycles. The first-order chi connectivity index (χ1) is 6.95. The quantitative estimate of drug-likeness (QED) is 0.404. The fourth-order valence-electron chi connectivity index (χ4n) is 1.87. The molecule has 0 radical (unpaired) electrons. The molecule has 1 N–H and O–H groups in total. The van der Waals surface area contributed by atoms with Crippen molar-refractivity contribution in [2.75, 3.05) is 0 Å². The van der Waals surface area contributed by atoms with Crippen molar-refractivity contribution in [3.8, 4) is 0 Å².